The first-order valence-corrected chi connectivity index (χ1v) is 6.30. The standard InChI is InChI=1S/C9H14N4O3S/c1-11-6-9(14)12-7-3-2-4-8(5-7)13-17(10,15)16/h2-5,11,13H,6H2,1H3,(H,12,14)(H2,10,15,16). The number of nitrogens with two attached hydrogens (primary N) is 1. The summed E-state index contributed by atoms with van der Waals surface area (Å²) in [4.78, 5) is 11.3. The summed E-state index contributed by atoms with van der Waals surface area (Å²) in [5.41, 5.74) is 0.772. The monoisotopic (exact) mass is 258 g/mol. The molecule has 1 aromatic carbocycles. The fourth-order valence-corrected chi connectivity index (χ4v) is 1.65. The largest absolute Gasteiger partial charge is 0.325 e. The lowest BCUT2D eigenvalue weighted by Gasteiger charge is -2.07. The summed E-state index contributed by atoms with van der Waals surface area (Å²) in [5, 5.41) is 10.1. The molecule has 0 aliphatic carbocycles. The van der Waals surface area contributed by atoms with Crippen molar-refractivity contribution in [1.29, 1.82) is 0 Å². The lowest BCUT2D eigenvalue weighted by atomic mass is 10.3. The minimum Gasteiger partial charge on any atom is -0.325 e. The molecule has 0 radical (unpaired) electrons. The van der Waals surface area contributed by atoms with Gasteiger partial charge < -0.3 is 10.6 Å². The van der Waals surface area contributed by atoms with E-state index >= 15 is 0 Å². The molecular weight excluding hydrogens is 244 g/mol. The van der Waals surface area contributed by atoms with Crippen molar-refractivity contribution < 1.29 is 13.2 Å². The van der Waals surface area contributed by atoms with E-state index in [9.17, 15) is 13.2 Å². The van der Waals surface area contributed by atoms with Gasteiger partial charge in [-0.1, -0.05) is 6.07 Å². The number of hydrogen-bond donors (Lipinski definition) is 4. The number of benzene rings is 1. The topological polar surface area (TPSA) is 113 Å². The van der Waals surface area contributed by atoms with Crippen LogP contribution in [0.5, 0.6) is 0 Å². The fourth-order valence-electron chi connectivity index (χ4n) is 1.19. The van der Waals surface area contributed by atoms with E-state index in [1.54, 1.807) is 19.2 Å². The Bertz CT molecular complexity index is 501. The summed E-state index contributed by atoms with van der Waals surface area (Å²) in [5.74, 6) is -0.222. The quantitative estimate of drug-likeness (QED) is 0.568. The molecule has 0 aromatic heterocycles. The SMILES string of the molecule is CNCC(=O)Nc1cccc(NS(N)(=O)=O)c1. The molecule has 0 saturated heterocycles. The van der Waals surface area contributed by atoms with Gasteiger partial charge in [-0.05, 0) is 25.2 Å². The molecule has 0 bridgehead atoms. The van der Waals surface area contributed by atoms with Gasteiger partial charge in [0.25, 0.3) is 10.2 Å². The minimum atomic E-state index is -3.81. The number of carbonyl (C=O) groups is 1. The normalized spacial score (nSPS) is 10.9. The highest BCUT2D eigenvalue weighted by Gasteiger charge is 2.04. The molecule has 0 spiro atoms. The lowest BCUT2D eigenvalue weighted by Crippen LogP contribution is -2.25. The first-order chi connectivity index (χ1) is 7.90. The van der Waals surface area contributed by atoms with E-state index in [2.05, 4.69) is 15.4 Å². The molecule has 0 aliphatic rings. The summed E-state index contributed by atoms with van der Waals surface area (Å²) >= 11 is 0. The van der Waals surface area contributed by atoms with Gasteiger partial charge in [0, 0.05) is 5.69 Å². The van der Waals surface area contributed by atoms with Crippen molar-refractivity contribution in [2.75, 3.05) is 23.6 Å². The molecule has 8 heteroatoms. The molecule has 0 fully saturated rings. The number of nitrogens with one attached hydrogen (secondary N) is 3. The van der Waals surface area contributed by atoms with Crippen LogP contribution in [0.4, 0.5) is 11.4 Å². The highest BCUT2D eigenvalue weighted by atomic mass is 32.2. The van der Waals surface area contributed by atoms with Crippen LogP contribution in [-0.4, -0.2) is 27.9 Å². The molecule has 0 atom stereocenters. The van der Waals surface area contributed by atoms with Crippen molar-refractivity contribution in [3.63, 3.8) is 0 Å². The van der Waals surface area contributed by atoms with E-state index in [1.807, 2.05) is 0 Å². The molecule has 17 heavy (non-hydrogen) atoms. The van der Waals surface area contributed by atoms with Crippen molar-refractivity contribution in [3.8, 4) is 0 Å². The molecule has 0 aliphatic heterocycles. The van der Waals surface area contributed by atoms with Crippen LogP contribution in [0.25, 0.3) is 0 Å². The van der Waals surface area contributed by atoms with Crippen molar-refractivity contribution >= 4 is 27.5 Å². The van der Waals surface area contributed by atoms with Gasteiger partial charge >= 0.3 is 0 Å². The van der Waals surface area contributed by atoms with Crippen molar-refractivity contribution in [2.45, 2.75) is 0 Å². The Morgan fingerprint density at radius 3 is 2.59 bits per heavy atom. The molecule has 94 valence electrons. The van der Waals surface area contributed by atoms with E-state index in [4.69, 9.17) is 5.14 Å². The summed E-state index contributed by atoms with van der Waals surface area (Å²) in [6, 6.07) is 6.24. The Hall–Kier alpha value is -1.64. The fraction of sp³-hybridized carbons (Fsp3) is 0.222. The van der Waals surface area contributed by atoms with Crippen LogP contribution in [0.2, 0.25) is 0 Å². The van der Waals surface area contributed by atoms with Crippen LogP contribution >= 0.6 is 0 Å². The average Bonchev–Trinajstić information content (AvgIpc) is 2.15. The minimum absolute atomic E-state index is 0.173. The van der Waals surface area contributed by atoms with Crippen LogP contribution in [0.1, 0.15) is 0 Å². The number of carbonyl (C=O) groups excluding carboxylic acids is 1. The first kappa shape index (κ1) is 13.4. The van der Waals surface area contributed by atoms with Gasteiger partial charge in [-0.25, -0.2) is 5.14 Å². The number of anilines is 2. The van der Waals surface area contributed by atoms with Gasteiger partial charge in [0.15, 0.2) is 0 Å². The Kier molecular flexibility index (Phi) is 4.44. The summed E-state index contributed by atoms with van der Waals surface area (Å²) in [7, 11) is -2.16. The van der Waals surface area contributed by atoms with Crippen molar-refractivity contribution in [2.24, 2.45) is 5.14 Å². The smallest absolute Gasteiger partial charge is 0.296 e. The highest BCUT2D eigenvalue weighted by molar-refractivity contribution is 7.90. The second-order valence-electron chi connectivity index (χ2n) is 3.31. The van der Waals surface area contributed by atoms with Gasteiger partial charge in [-0.15, -0.1) is 0 Å². The maximum Gasteiger partial charge on any atom is 0.296 e. The lowest BCUT2D eigenvalue weighted by molar-refractivity contribution is -0.115. The molecule has 7 nitrogen and oxygen atoms in total. The predicted octanol–water partition coefficient (Wildman–Crippen LogP) is -0.540. The number of amides is 1. The molecule has 1 amide bonds. The van der Waals surface area contributed by atoms with Crippen LogP contribution in [0.15, 0.2) is 24.3 Å². The van der Waals surface area contributed by atoms with Gasteiger partial charge in [0.2, 0.25) is 5.91 Å². The maximum atomic E-state index is 11.3. The molecule has 0 saturated carbocycles. The Morgan fingerprint density at radius 1 is 1.35 bits per heavy atom. The zero-order valence-electron chi connectivity index (χ0n) is 9.23. The number of likely N-dealkylation sites (N-methyl/N-ethyl adjacent to an activating group) is 1. The van der Waals surface area contributed by atoms with Crippen molar-refractivity contribution in [3.05, 3.63) is 24.3 Å². The van der Waals surface area contributed by atoms with Crippen LogP contribution in [0, 0.1) is 0 Å². The Morgan fingerprint density at radius 2 is 2.00 bits per heavy atom. The van der Waals surface area contributed by atoms with Gasteiger partial charge in [-0.3, -0.25) is 9.52 Å². The zero-order valence-corrected chi connectivity index (χ0v) is 10.0. The Balaban J connectivity index is 2.76. The second-order valence-corrected chi connectivity index (χ2v) is 4.60. The molecule has 5 N–H and O–H groups in total. The van der Waals surface area contributed by atoms with Crippen LogP contribution in [0.3, 0.4) is 0 Å². The van der Waals surface area contributed by atoms with Gasteiger partial charge in [0.1, 0.15) is 0 Å². The van der Waals surface area contributed by atoms with Crippen LogP contribution in [-0.2, 0) is 15.0 Å². The third-order valence-corrected chi connectivity index (χ3v) is 2.26. The summed E-state index contributed by atoms with van der Waals surface area (Å²) in [6.07, 6.45) is 0. The Labute approximate surface area is 99.6 Å². The maximum absolute atomic E-state index is 11.3. The first-order valence-electron chi connectivity index (χ1n) is 4.76. The predicted molar refractivity (Wildman–Crippen MR) is 65.7 cm³/mol. The van der Waals surface area contributed by atoms with Crippen molar-refractivity contribution in [1.82, 2.24) is 5.32 Å². The highest BCUT2D eigenvalue weighted by Crippen LogP contribution is 2.15. The molecule has 1 rings (SSSR count). The summed E-state index contributed by atoms with van der Waals surface area (Å²) < 4.78 is 23.7. The second kappa shape index (κ2) is 5.62. The molecule has 0 unspecified atom stereocenters. The van der Waals surface area contributed by atoms with E-state index < -0.39 is 10.2 Å². The third kappa shape index (κ3) is 5.29. The van der Waals surface area contributed by atoms with Gasteiger partial charge in [-0.2, -0.15) is 8.42 Å². The van der Waals surface area contributed by atoms with Gasteiger partial charge in [0.05, 0.1) is 12.2 Å². The molecular formula is C9H14N4O3S. The van der Waals surface area contributed by atoms with E-state index in [1.165, 1.54) is 12.1 Å². The summed E-state index contributed by atoms with van der Waals surface area (Å²) in [6.45, 7) is 0.173. The number of rotatable bonds is 5. The van der Waals surface area contributed by atoms with E-state index in [0.29, 0.717) is 5.69 Å². The average molecular weight is 258 g/mol. The third-order valence-electron chi connectivity index (χ3n) is 1.74. The van der Waals surface area contributed by atoms with E-state index in [0.717, 1.165) is 0 Å². The zero-order chi connectivity index (χ0) is 12.9. The van der Waals surface area contributed by atoms with E-state index in [-0.39, 0.29) is 18.1 Å². The molecule has 1 aromatic rings. The molecule has 0 heterocycles. The van der Waals surface area contributed by atoms with Crippen LogP contribution < -0.4 is 20.5 Å². The number of hydrogen-bond acceptors (Lipinski definition) is 4.